The number of fused-ring (bicyclic) bond motifs is 1. The number of hydrogen-bond donors (Lipinski definition) is 0. The Balaban J connectivity index is 2.68. The first kappa shape index (κ1) is 10.7. The van der Waals surface area contributed by atoms with E-state index >= 15 is 0 Å². The summed E-state index contributed by atoms with van der Waals surface area (Å²) in [6.45, 7) is 6.76. The molecule has 0 amide bonds. The van der Waals surface area contributed by atoms with Crippen molar-refractivity contribution in [3.05, 3.63) is 34.2 Å². The SMILES string of the molecule is CCCc1sc2cccc(C)c2c1CC. The molecule has 0 atom stereocenters. The molecule has 0 N–H and O–H groups in total. The van der Waals surface area contributed by atoms with Crippen LogP contribution < -0.4 is 0 Å². The molecule has 2 rings (SSSR count). The highest BCUT2D eigenvalue weighted by atomic mass is 32.1. The zero-order valence-electron chi connectivity index (χ0n) is 9.76. The van der Waals surface area contributed by atoms with Gasteiger partial charge in [-0.15, -0.1) is 11.3 Å². The minimum Gasteiger partial charge on any atom is -0.140 e. The maximum atomic E-state index is 2.27. The van der Waals surface area contributed by atoms with E-state index in [-0.39, 0.29) is 0 Å². The van der Waals surface area contributed by atoms with Crippen LogP contribution in [0.3, 0.4) is 0 Å². The van der Waals surface area contributed by atoms with E-state index in [9.17, 15) is 0 Å². The van der Waals surface area contributed by atoms with Crippen LogP contribution in [-0.4, -0.2) is 0 Å². The summed E-state index contributed by atoms with van der Waals surface area (Å²) in [7, 11) is 0. The quantitative estimate of drug-likeness (QED) is 0.699. The monoisotopic (exact) mass is 218 g/mol. The molecule has 0 saturated heterocycles. The molecular formula is C14H18S. The van der Waals surface area contributed by atoms with E-state index in [2.05, 4.69) is 39.0 Å². The van der Waals surface area contributed by atoms with Crippen LogP contribution in [0.1, 0.15) is 36.3 Å². The maximum absolute atomic E-state index is 2.27. The molecule has 2 aromatic rings. The van der Waals surface area contributed by atoms with Crippen LogP contribution in [0.25, 0.3) is 10.1 Å². The topological polar surface area (TPSA) is 0 Å². The number of benzene rings is 1. The minimum atomic E-state index is 1.17. The van der Waals surface area contributed by atoms with Gasteiger partial charge in [0.25, 0.3) is 0 Å². The van der Waals surface area contributed by atoms with Crippen LogP contribution in [-0.2, 0) is 12.8 Å². The molecular weight excluding hydrogens is 200 g/mol. The Hall–Kier alpha value is -0.820. The van der Waals surface area contributed by atoms with Crippen molar-refractivity contribution in [3.8, 4) is 0 Å². The van der Waals surface area contributed by atoms with Crippen LogP contribution in [0.5, 0.6) is 0 Å². The third-order valence-corrected chi connectivity index (χ3v) is 4.19. The predicted molar refractivity (Wildman–Crippen MR) is 69.9 cm³/mol. The van der Waals surface area contributed by atoms with Gasteiger partial charge >= 0.3 is 0 Å². The van der Waals surface area contributed by atoms with E-state index in [0.717, 1.165) is 0 Å². The summed E-state index contributed by atoms with van der Waals surface area (Å²) in [4.78, 5) is 1.60. The fraction of sp³-hybridized carbons (Fsp3) is 0.429. The van der Waals surface area contributed by atoms with Crippen molar-refractivity contribution in [2.75, 3.05) is 0 Å². The van der Waals surface area contributed by atoms with Gasteiger partial charge in [0.1, 0.15) is 0 Å². The van der Waals surface area contributed by atoms with E-state index in [1.165, 1.54) is 34.9 Å². The van der Waals surface area contributed by atoms with Crippen LogP contribution in [0, 0.1) is 6.92 Å². The van der Waals surface area contributed by atoms with Crippen LogP contribution in [0.2, 0.25) is 0 Å². The van der Waals surface area contributed by atoms with Gasteiger partial charge < -0.3 is 0 Å². The molecule has 0 radical (unpaired) electrons. The minimum absolute atomic E-state index is 1.17. The molecule has 0 aliphatic carbocycles. The van der Waals surface area contributed by atoms with Crippen LogP contribution in [0.15, 0.2) is 18.2 Å². The van der Waals surface area contributed by atoms with Crippen molar-refractivity contribution < 1.29 is 0 Å². The molecule has 0 nitrogen and oxygen atoms in total. The first-order valence-electron chi connectivity index (χ1n) is 5.77. The van der Waals surface area contributed by atoms with Gasteiger partial charge in [-0.3, -0.25) is 0 Å². The lowest BCUT2D eigenvalue weighted by Gasteiger charge is -2.01. The fourth-order valence-electron chi connectivity index (χ4n) is 2.25. The number of rotatable bonds is 3. The standard InChI is InChI=1S/C14H18S/c1-4-7-12-11(5-2)14-10(3)8-6-9-13(14)15-12/h6,8-9H,4-5,7H2,1-3H3. The summed E-state index contributed by atoms with van der Waals surface area (Å²) >= 11 is 1.99. The Morgan fingerprint density at radius 1 is 1.20 bits per heavy atom. The molecule has 0 aliphatic heterocycles. The molecule has 0 fully saturated rings. The highest BCUT2D eigenvalue weighted by molar-refractivity contribution is 7.19. The van der Waals surface area contributed by atoms with Crippen molar-refractivity contribution in [2.24, 2.45) is 0 Å². The summed E-state index contributed by atoms with van der Waals surface area (Å²) in [6, 6.07) is 6.65. The Morgan fingerprint density at radius 3 is 2.67 bits per heavy atom. The van der Waals surface area contributed by atoms with Crippen molar-refractivity contribution >= 4 is 21.4 Å². The summed E-state index contributed by atoms with van der Waals surface area (Å²) < 4.78 is 1.47. The molecule has 0 saturated carbocycles. The molecule has 0 aliphatic rings. The summed E-state index contributed by atoms with van der Waals surface area (Å²) in [5.41, 5.74) is 3.03. The average molecular weight is 218 g/mol. The fourth-order valence-corrected chi connectivity index (χ4v) is 3.72. The number of thiophene rings is 1. The summed E-state index contributed by atoms with van der Waals surface area (Å²) in [6.07, 6.45) is 3.65. The molecule has 80 valence electrons. The molecule has 0 bridgehead atoms. The number of hydrogen-bond acceptors (Lipinski definition) is 1. The Bertz CT molecular complexity index is 465. The largest absolute Gasteiger partial charge is 0.140 e. The molecule has 1 aromatic heterocycles. The molecule has 1 heterocycles. The van der Waals surface area contributed by atoms with Crippen molar-refractivity contribution in [1.29, 1.82) is 0 Å². The normalized spacial score (nSPS) is 11.1. The third kappa shape index (κ3) is 1.81. The molecule has 0 unspecified atom stereocenters. The maximum Gasteiger partial charge on any atom is 0.0351 e. The van der Waals surface area contributed by atoms with Gasteiger partial charge in [0.05, 0.1) is 0 Å². The van der Waals surface area contributed by atoms with Gasteiger partial charge in [0.2, 0.25) is 0 Å². The van der Waals surface area contributed by atoms with Crippen LogP contribution >= 0.6 is 11.3 Å². The van der Waals surface area contributed by atoms with Gasteiger partial charge in [0, 0.05) is 9.58 Å². The van der Waals surface area contributed by atoms with E-state index in [4.69, 9.17) is 0 Å². The lowest BCUT2D eigenvalue weighted by atomic mass is 10.0. The van der Waals surface area contributed by atoms with Crippen molar-refractivity contribution in [2.45, 2.75) is 40.0 Å². The van der Waals surface area contributed by atoms with Crippen molar-refractivity contribution in [3.63, 3.8) is 0 Å². The Labute approximate surface area is 95.9 Å². The highest BCUT2D eigenvalue weighted by Crippen LogP contribution is 2.34. The van der Waals surface area contributed by atoms with Crippen molar-refractivity contribution in [1.82, 2.24) is 0 Å². The second kappa shape index (κ2) is 4.36. The zero-order valence-corrected chi connectivity index (χ0v) is 10.6. The van der Waals surface area contributed by atoms with E-state index in [1.807, 2.05) is 11.3 Å². The van der Waals surface area contributed by atoms with E-state index < -0.39 is 0 Å². The van der Waals surface area contributed by atoms with Gasteiger partial charge in [-0.1, -0.05) is 32.4 Å². The first-order valence-corrected chi connectivity index (χ1v) is 6.59. The number of aryl methyl sites for hydroxylation is 3. The average Bonchev–Trinajstić information content (AvgIpc) is 2.57. The van der Waals surface area contributed by atoms with Gasteiger partial charge in [-0.25, -0.2) is 0 Å². The second-order valence-corrected chi connectivity index (χ2v) is 5.19. The lowest BCUT2D eigenvalue weighted by Crippen LogP contribution is -1.87. The van der Waals surface area contributed by atoms with Gasteiger partial charge in [0.15, 0.2) is 0 Å². The van der Waals surface area contributed by atoms with E-state index in [0.29, 0.717) is 0 Å². The Kier molecular flexibility index (Phi) is 3.11. The summed E-state index contributed by atoms with van der Waals surface area (Å²) in [5.74, 6) is 0. The first-order chi connectivity index (χ1) is 7.27. The lowest BCUT2D eigenvalue weighted by molar-refractivity contribution is 0.923. The second-order valence-electron chi connectivity index (χ2n) is 4.06. The van der Waals surface area contributed by atoms with Gasteiger partial charge in [-0.2, -0.15) is 0 Å². The van der Waals surface area contributed by atoms with E-state index in [1.54, 1.807) is 10.4 Å². The molecule has 0 spiro atoms. The summed E-state index contributed by atoms with van der Waals surface area (Å²) in [5, 5.41) is 1.52. The van der Waals surface area contributed by atoms with Gasteiger partial charge in [-0.05, 0) is 42.3 Å². The smallest absolute Gasteiger partial charge is 0.0351 e. The third-order valence-electron chi connectivity index (χ3n) is 2.94. The predicted octanol–water partition coefficient (Wildman–Crippen LogP) is 4.72. The zero-order chi connectivity index (χ0) is 10.8. The Morgan fingerprint density at radius 2 is 2.00 bits per heavy atom. The molecule has 15 heavy (non-hydrogen) atoms. The van der Waals surface area contributed by atoms with Crippen LogP contribution in [0.4, 0.5) is 0 Å². The highest BCUT2D eigenvalue weighted by Gasteiger charge is 2.10. The molecule has 1 heteroatoms. The molecule has 1 aromatic carbocycles.